The van der Waals surface area contributed by atoms with Crippen LogP contribution in [-0.4, -0.2) is 32.4 Å². The lowest BCUT2D eigenvalue weighted by molar-refractivity contribution is 0.273. The molecular formula is C14H23ClN2O2S. The number of hydrogen-bond acceptors (Lipinski definition) is 3. The maximum atomic E-state index is 12.7. The zero-order chi connectivity index (χ0) is 15.6. The van der Waals surface area contributed by atoms with Gasteiger partial charge in [0.2, 0.25) is 10.0 Å². The minimum absolute atomic E-state index is 0.261. The minimum atomic E-state index is -3.52. The second-order valence-electron chi connectivity index (χ2n) is 5.71. The largest absolute Gasteiger partial charge is 0.330 e. The van der Waals surface area contributed by atoms with Crippen molar-refractivity contribution >= 4 is 21.6 Å². The van der Waals surface area contributed by atoms with Gasteiger partial charge in [-0.05, 0) is 42.6 Å². The Bertz CT molecular complexity index is 571. The summed E-state index contributed by atoms with van der Waals surface area (Å²) in [4.78, 5) is 0.302. The molecule has 0 spiro atoms. The van der Waals surface area contributed by atoms with Gasteiger partial charge in [-0.1, -0.05) is 32.4 Å². The van der Waals surface area contributed by atoms with Crippen LogP contribution in [0.25, 0.3) is 0 Å². The Labute approximate surface area is 127 Å². The van der Waals surface area contributed by atoms with Crippen LogP contribution in [0.4, 0.5) is 0 Å². The van der Waals surface area contributed by atoms with Gasteiger partial charge in [0.25, 0.3) is 0 Å². The van der Waals surface area contributed by atoms with Crippen LogP contribution in [0.1, 0.15) is 26.3 Å². The molecule has 6 heteroatoms. The molecule has 0 saturated carbocycles. The van der Waals surface area contributed by atoms with Crippen molar-refractivity contribution in [3.63, 3.8) is 0 Å². The Kier molecular flexibility index (Phi) is 5.61. The van der Waals surface area contributed by atoms with Crippen LogP contribution in [0, 0.1) is 12.3 Å². The van der Waals surface area contributed by atoms with E-state index in [1.807, 2.05) is 20.8 Å². The summed E-state index contributed by atoms with van der Waals surface area (Å²) in [5, 5.41) is 0.534. The highest BCUT2D eigenvalue weighted by Gasteiger charge is 2.29. The molecule has 0 fully saturated rings. The van der Waals surface area contributed by atoms with E-state index in [1.54, 1.807) is 25.1 Å². The molecule has 0 bridgehead atoms. The number of benzene rings is 1. The molecule has 0 atom stereocenters. The lowest BCUT2D eigenvalue weighted by Crippen LogP contribution is -2.42. The first kappa shape index (κ1) is 17.4. The van der Waals surface area contributed by atoms with Gasteiger partial charge in [-0.2, -0.15) is 4.31 Å². The van der Waals surface area contributed by atoms with Crippen LogP contribution in [0.2, 0.25) is 5.02 Å². The summed E-state index contributed by atoms with van der Waals surface area (Å²) in [5.41, 5.74) is 6.10. The van der Waals surface area contributed by atoms with Crippen molar-refractivity contribution in [1.29, 1.82) is 0 Å². The number of sulfonamides is 1. The predicted molar refractivity (Wildman–Crippen MR) is 83.5 cm³/mol. The van der Waals surface area contributed by atoms with Gasteiger partial charge in [-0.25, -0.2) is 8.42 Å². The van der Waals surface area contributed by atoms with E-state index in [0.717, 1.165) is 0 Å². The molecule has 1 aromatic rings. The monoisotopic (exact) mass is 318 g/mol. The van der Waals surface area contributed by atoms with Crippen molar-refractivity contribution in [3.8, 4) is 0 Å². The molecular weight excluding hydrogens is 296 g/mol. The minimum Gasteiger partial charge on any atom is -0.330 e. The number of hydrogen-bond donors (Lipinski definition) is 1. The molecule has 20 heavy (non-hydrogen) atoms. The summed E-state index contributed by atoms with van der Waals surface area (Å²) < 4.78 is 26.9. The van der Waals surface area contributed by atoms with Gasteiger partial charge in [-0.15, -0.1) is 0 Å². The molecule has 0 aliphatic rings. The summed E-state index contributed by atoms with van der Waals surface area (Å²) in [6, 6.07) is 4.82. The molecule has 1 rings (SSSR count). The van der Waals surface area contributed by atoms with Crippen LogP contribution >= 0.6 is 11.6 Å². The number of nitrogens with two attached hydrogens (primary N) is 1. The van der Waals surface area contributed by atoms with Crippen molar-refractivity contribution in [3.05, 3.63) is 28.8 Å². The van der Waals surface area contributed by atoms with Gasteiger partial charge in [0, 0.05) is 18.1 Å². The second kappa shape index (κ2) is 6.43. The van der Waals surface area contributed by atoms with Crippen LogP contribution < -0.4 is 5.73 Å². The Morgan fingerprint density at radius 3 is 2.40 bits per heavy atom. The molecule has 0 unspecified atom stereocenters. The summed E-state index contributed by atoms with van der Waals surface area (Å²) in [6.45, 7) is 8.73. The van der Waals surface area contributed by atoms with Gasteiger partial charge < -0.3 is 5.73 Å². The zero-order valence-electron chi connectivity index (χ0n) is 12.5. The summed E-state index contributed by atoms with van der Waals surface area (Å²) in [7, 11) is -3.52. The van der Waals surface area contributed by atoms with Gasteiger partial charge in [0.05, 0.1) is 4.90 Å². The molecule has 0 heterocycles. The fourth-order valence-electron chi connectivity index (χ4n) is 1.95. The fraction of sp³-hybridized carbons (Fsp3) is 0.571. The maximum Gasteiger partial charge on any atom is 0.243 e. The number of rotatable bonds is 6. The Balaban J connectivity index is 3.19. The van der Waals surface area contributed by atoms with E-state index >= 15 is 0 Å². The van der Waals surface area contributed by atoms with Gasteiger partial charge in [-0.3, -0.25) is 0 Å². The number of nitrogens with zero attached hydrogens (tertiary/aromatic N) is 1. The molecule has 0 aliphatic heterocycles. The molecule has 0 aliphatic carbocycles. The molecule has 2 N–H and O–H groups in total. The van der Waals surface area contributed by atoms with Gasteiger partial charge >= 0.3 is 0 Å². The third-order valence-electron chi connectivity index (χ3n) is 3.26. The first-order chi connectivity index (χ1) is 9.14. The standard InChI is InChI=1S/C14H23ClN2O2S/c1-5-17(10-14(3,4)9-16)20(18,19)13-7-6-12(15)8-11(13)2/h6-8H,5,9-10,16H2,1-4H3. The Morgan fingerprint density at radius 2 is 1.95 bits per heavy atom. The highest BCUT2D eigenvalue weighted by Crippen LogP contribution is 2.25. The maximum absolute atomic E-state index is 12.7. The van der Waals surface area contributed by atoms with E-state index in [2.05, 4.69) is 0 Å². The molecule has 4 nitrogen and oxygen atoms in total. The van der Waals surface area contributed by atoms with Crippen LogP contribution in [0.5, 0.6) is 0 Å². The summed E-state index contributed by atoms with van der Waals surface area (Å²) in [6.07, 6.45) is 0. The van der Waals surface area contributed by atoms with Crippen molar-refractivity contribution in [2.75, 3.05) is 19.6 Å². The first-order valence-electron chi connectivity index (χ1n) is 6.60. The Morgan fingerprint density at radius 1 is 1.35 bits per heavy atom. The highest BCUT2D eigenvalue weighted by molar-refractivity contribution is 7.89. The van der Waals surface area contributed by atoms with E-state index in [-0.39, 0.29) is 5.41 Å². The third-order valence-corrected chi connectivity index (χ3v) is 5.58. The summed E-state index contributed by atoms with van der Waals surface area (Å²) >= 11 is 5.88. The molecule has 114 valence electrons. The lowest BCUT2D eigenvalue weighted by Gasteiger charge is -2.30. The molecule has 0 saturated heterocycles. The topological polar surface area (TPSA) is 63.4 Å². The lowest BCUT2D eigenvalue weighted by atomic mass is 9.94. The molecule has 0 radical (unpaired) electrons. The SMILES string of the molecule is CCN(CC(C)(C)CN)S(=O)(=O)c1ccc(Cl)cc1C. The van der Waals surface area contributed by atoms with Crippen molar-refractivity contribution in [2.24, 2.45) is 11.1 Å². The van der Waals surface area contributed by atoms with E-state index in [4.69, 9.17) is 17.3 Å². The van der Waals surface area contributed by atoms with Gasteiger partial charge in [0.15, 0.2) is 0 Å². The molecule has 0 aromatic heterocycles. The van der Waals surface area contributed by atoms with Crippen molar-refractivity contribution in [1.82, 2.24) is 4.31 Å². The van der Waals surface area contributed by atoms with Crippen LogP contribution in [-0.2, 0) is 10.0 Å². The Hall–Kier alpha value is -0.620. The fourth-order valence-corrected chi connectivity index (χ4v) is 4.02. The van der Waals surface area contributed by atoms with Crippen LogP contribution in [0.15, 0.2) is 23.1 Å². The van der Waals surface area contributed by atoms with Crippen molar-refractivity contribution in [2.45, 2.75) is 32.6 Å². The zero-order valence-corrected chi connectivity index (χ0v) is 14.1. The van der Waals surface area contributed by atoms with Crippen LogP contribution in [0.3, 0.4) is 0 Å². The predicted octanol–water partition coefficient (Wildman–Crippen LogP) is 2.64. The number of halogens is 1. The number of aryl methyl sites for hydroxylation is 1. The average Bonchev–Trinajstić information content (AvgIpc) is 2.35. The summed E-state index contributed by atoms with van der Waals surface area (Å²) in [5.74, 6) is 0. The second-order valence-corrected chi connectivity index (χ2v) is 8.05. The normalized spacial score (nSPS) is 12.9. The van der Waals surface area contributed by atoms with Crippen molar-refractivity contribution < 1.29 is 8.42 Å². The first-order valence-corrected chi connectivity index (χ1v) is 8.42. The smallest absolute Gasteiger partial charge is 0.243 e. The third kappa shape index (κ3) is 3.95. The van der Waals surface area contributed by atoms with E-state index < -0.39 is 10.0 Å². The van der Waals surface area contributed by atoms with E-state index in [1.165, 1.54) is 4.31 Å². The van der Waals surface area contributed by atoms with Gasteiger partial charge in [0.1, 0.15) is 0 Å². The average molecular weight is 319 g/mol. The van der Waals surface area contributed by atoms with E-state index in [0.29, 0.717) is 35.1 Å². The van der Waals surface area contributed by atoms with E-state index in [9.17, 15) is 8.42 Å². The quantitative estimate of drug-likeness (QED) is 0.877. The molecule has 1 aromatic carbocycles. The molecule has 0 amide bonds. The highest BCUT2D eigenvalue weighted by atomic mass is 35.5.